The van der Waals surface area contributed by atoms with Gasteiger partial charge in [0.25, 0.3) is 0 Å². The minimum atomic E-state index is -3.51. The molecule has 3 rings (SSSR count). The first-order valence-electron chi connectivity index (χ1n) is 13.0. The topological polar surface area (TPSA) is 86.8 Å². The molecule has 1 aliphatic carbocycles. The first kappa shape index (κ1) is 29.2. The van der Waals surface area contributed by atoms with Crippen molar-refractivity contribution < 1.29 is 18.0 Å². The average molecular weight is 593 g/mol. The van der Waals surface area contributed by atoms with Crippen molar-refractivity contribution in [2.45, 2.75) is 77.4 Å². The maximum absolute atomic E-state index is 13.4. The Hall–Kier alpha value is -2.39. The molecule has 1 N–H and O–H groups in total. The molecule has 0 radical (unpaired) electrons. The summed E-state index contributed by atoms with van der Waals surface area (Å²) in [5, 5.41) is 3.11. The van der Waals surface area contributed by atoms with Gasteiger partial charge in [0.1, 0.15) is 6.04 Å². The summed E-state index contributed by atoms with van der Waals surface area (Å²) in [6.07, 6.45) is 6.69. The van der Waals surface area contributed by atoms with Gasteiger partial charge in [-0.15, -0.1) is 0 Å². The predicted octanol–water partition coefficient (Wildman–Crippen LogP) is 5.03. The zero-order chi connectivity index (χ0) is 27.0. The largest absolute Gasteiger partial charge is 0.352 e. The quantitative estimate of drug-likeness (QED) is 0.375. The molecular weight excluding hydrogens is 554 g/mol. The number of carbonyl (C=O) groups excluding carboxylic acids is 2. The molecule has 0 unspecified atom stereocenters. The molecule has 0 aliphatic heterocycles. The molecule has 2 amide bonds. The van der Waals surface area contributed by atoms with Crippen molar-refractivity contribution >= 4 is 43.5 Å². The number of aryl methyl sites for hydroxylation is 1. The Kier molecular flexibility index (Phi) is 10.6. The predicted molar refractivity (Wildman–Crippen MR) is 152 cm³/mol. The number of anilines is 1. The van der Waals surface area contributed by atoms with Crippen LogP contribution in [0.3, 0.4) is 0 Å². The van der Waals surface area contributed by atoms with Gasteiger partial charge < -0.3 is 10.2 Å². The lowest BCUT2D eigenvalue weighted by molar-refractivity contribution is -0.141. The zero-order valence-corrected chi connectivity index (χ0v) is 24.4. The van der Waals surface area contributed by atoms with Crippen LogP contribution in [-0.4, -0.2) is 50.0 Å². The molecule has 202 valence electrons. The van der Waals surface area contributed by atoms with Crippen molar-refractivity contribution in [1.82, 2.24) is 10.2 Å². The monoisotopic (exact) mass is 591 g/mol. The van der Waals surface area contributed by atoms with Gasteiger partial charge in [0, 0.05) is 30.0 Å². The first-order valence-corrected chi connectivity index (χ1v) is 15.6. The Morgan fingerprint density at radius 1 is 1.03 bits per heavy atom. The van der Waals surface area contributed by atoms with Gasteiger partial charge in [0.15, 0.2) is 0 Å². The zero-order valence-electron chi connectivity index (χ0n) is 22.0. The van der Waals surface area contributed by atoms with Gasteiger partial charge in [-0.05, 0) is 68.0 Å². The third-order valence-corrected chi connectivity index (χ3v) is 8.64. The lowest BCUT2D eigenvalue weighted by Crippen LogP contribution is -2.49. The van der Waals surface area contributed by atoms with Crippen LogP contribution < -0.4 is 9.62 Å². The number of halogens is 1. The van der Waals surface area contributed by atoms with Gasteiger partial charge in [0.2, 0.25) is 21.8 Å². The van der Waals surface area contributed by atoms with Crippen LogP contribution in [0.4, 0.5) is 5.69 Å². The van der Waals surface area contributed by atoms with E-state index in [9.17, 15) is 18.0 Å². The Morgan fingerprint density at radius 3 is 2.19 bits per heavy atom. The standard InChI is InChI=1S/C28H38BrN3O4S/c1-4-22-13-17-26(18-14-22)32(37(3,35)36)19-7-10-27(33)31(20-23-11-15-24(29)16-12-23)21(2)28(34)30-25-8-5-6-9-25/h11-18,21,25H,4-10,19-20H2,1-3H3,(H,30,34)/t21-/m1/s1. The van der Waals surface area contributed by atoms with Gasteiger partial charge in [0.05, 0.1) is 11.9 Å². The Labute approximate surface area is 229 Å². The van der Waals surface area contributed by atoms with Crippen LogP contribution in [-0.2, 0) is 32.6 Å². The van der Waals surface area contributed by atoms with Crippen molar-refractivity contribution in [2.75, 3.05) is 17.1 Å². The van der Waals surface area contributed by atoms with Crippen LogP contribution in [0.1, 0.15) is 63.5 Å². The van der Waals surface area contributed by atoms with Crippen molar-refractivity contribution in [2.24, 2.45) is 0 Å². The van der Waals surface area contributed by atoms with E-state index in [0.717, 1.165) is 47.7 Å². The van der Waals surface area contributed by atoms with E-state index >= 15 is 0 Å². The number of nitrogens with zero attached hydrogens (tertiary/aromatic N) is 2. The maximum atomic E-state index is 13.4. The molecule has 0 saturated heterocycles. The van der Waals surface area contributed by atoms with E-state index in [1.165, 1.54) is 10.6 Å². The summed E-state index contributed by atoms with van der Waals surface area (Å²) in [6, 6.07) is 14.7. The lowest BCUT2D eigenvalue weighted by atomic mass is 10.1. The molecule has 7 nitrogen and oxygen atoms in total. The first-order chi connectivity index (χ1) is 17.6. The summed E-state index contributed by atoms with van der Waals surface area (Å²) < 4.78 is 27.3. The van der Waals surface area contributed by atoms with Crippen LogP contribution in [0.5, 0.6) is 0 Å². The third kappa shape index (κ3) is 8.57. The molecule has 2 aromatic carbocycles. The molecule has 1 saturated carbocycles. The van der Waals surface area contributed by atoms with Crippen molar-refractivity contribution in [3.63, 3.8) is 0 Å². The molecule has 1 atom stereocenters. The van der Waals surface area contributed by atoms with E-state index in [2.05, 4.69) is 21.2 Å². The van der Waals surface area contributed by atoms with E-state index in [1.54, 1.807) is 24.0 Å². The number of hydrogen-bond donors (Lipinski definition) is 1. The number of nitrogens with one attached hydrogen (secondary N) is 1. The number of amides is 2. The Morgan fingerprint density at radius 2 is 1.62 bits per heavy atom. The summed E-state index contributed by atoms with van der Waals surface area (Å²) in [4.78, 5) is 28.1. The number of rotatable bonds is 12. The van der Waals surface area contributed by atoms with Crippen LogP contribution >= 0.6 is 15.9 Å². The molecule has 1 aliphatic rings. The second kappa shape index (κ2) is 13.4. The number of benzene rings is 2. The fourth-order valence-corrected chi connectivity index (χ4v) is 5.89. The summed E-state index contributed by atoms with van der Waals surface area (Å²) in [5.41, 5.74) is 2.63. The van der Waals surface area contributed by atoms with E-state index in [0.29, 0.717) is 18.7 Å². The van der Waals surface area contributed by atoms with Crippen molar-refractivity contribution in [3.05, 3.63) is 64.1 Å². The Bertz CT molecular complexity index is 1150. The molecule has 0 heterocycles. The van der Waals surface area contributed by atoms with Gasteiger partial charge in [-0.1, -0.05) is 60.0 Å². The van der Waals surface area contributed by atoms with Crippen molar-refractivity contribution in [3.8, 4) is 0 Å². The summed E-state index contributed by atoms with van der Waals surface area (Å²) in [6.45, 7) is 4.30. The van der Waals surface area contributed by atoms with Crippen LogP contribution in [0.15, 0.2) is 53.0 Å². The molecule has 0 aromatic heterocycles. The highest BCUT2D eigenvalue weighted by atomic mass is 79.9. The van der Waals surface area contributed by atoms with Crippen LogP contribution in [0.2, 0.25) is 0 Å². The molecule has 1 fully saturated rings. The molecule has 0 bridgehead atoms. The molecule has 2 aromatic rings. The molecular formula is C28H38BrN3O4S. The van der Waals surface area contributed by atoms with Gasteiger partial charge in [-0.25, -0.2) is 8.42 Å². The van der Waals surface area contributed by atoms with Gasteiger partial charge in [-0.3, -0.25) is 13.9 Å². The van der Waals surface area contributed by atoms with E-state index < -0.39 is 16.1 Å². The van der Waals surface area contributed by atoms with Gasteiger partial charge in [-0.2, -0.15) is 0 Å². The molecule has 9 heteroatoms. The summed E-state index contributed by atoms with van der Waals surface area (Å²) in [7, 11) is -3.51. The highest BCUT2D eigenvalue weighted by Crippen LogP contribution is 2.21. The Balaban J connectivity index is 1.70. The SMILES string of the molecule is CCc1ccc(N(CCCC(=O)N(Cc2ccc(Br)cc2)[C@H](C)C(=O)NC2CCCC2)S(C)(=O)=O)cc1. The average Bonchev–Trinajstić information content (AvgIpc) is 3.38. The van der Waals surface area contributed by atoms with E-state index in [-0.39, 0.29) is 30.8 Å². The fourth-order valence-electron chi connectivity index (χ4n) is 4.66. The summed E-state index contributed by atoms with van der Waals surface area (Å²) >= 11 is 3.43. The third-order valence-electron chi connectivity index (χ3n) is 6.92. The number of sulfonamides is 1. The molecule has 37 heavy (non-hydrogen) atoms. The van der Waals surface area contributed by atoms with Gasteiger partial charge >= 0.3 is 0 Å². The summed E-state index contributed by atoms with van der Waals surface area (Å²) in [5.74, 6) is -0.321. The smallest absolute Gasteiger partial charge is 0.242 e. The van der Waals surface area contributed by atoms with E-state index in [1.807, 2.05) is 43.3 Å². The highest BCUT2D eigenvalue weighted by Gasteiger charge is 2.28. The van der Waals surface area contributed by atoms with Crippen molar-refractivity contribution in [1.29, 1.82) is 0 Å². The number of carbonyl (C=O) groups is 2. The maximum Gasteiger partial charge on any atom is 0.242 e. The minimum absolute atomic E-state index is 0.136. The fraction of sp³-hybridized carbons (Fsp3) is 0.500. The second-order valence-corrected chi connectivity index (χ2v) is 12.6. The van der Waals surface area contributed by atoms with E-state index in [4.69, 9.17) is 0 Å². The van der Waals surface area contributed by atoms with Crippen LogP contribution in [0, 0.1) is 0 Å². The lowest BCUT2D eigenvalue weighted by Gasteiger charge is -2.30. The highest BCUT2D eigenvalue weighted by molar-refractivity contribution is 9.10. The molecule has 0 spiro atoms. The number of hydrogen-bond acceptors (Lipinski definition) is 4. The van der Waals surface area contributed by atoms with Crippen LogP contribution in [0.25, 0.3) is 0 Å². The minimum Gasteiger partial charge on any atom is -0.352 e. The second-order valence-electron chi connectivity index (χ2n) is 9.77. The normalized spacial score (nSPS) is 14.8.